The molecule has 0 bridgehead atoms. The standard InChI is InChI=1S/C27H20/c1-27(2)23-13-7-10-19-16-18-9-4-5-11-20(18)25(24(19)23)22-15-14-17-8-3-6-12-21(17)26(22)27/h3-16H,1-2H3. The number of hydrogen-bond acceptors (Lipinski definition) is 0. The van der Waals surface area contributed by atoms with E-state index >= 15 is 0 Å². The average Bonchev–Trinajstić information content (AvgIpc) is 2.70. The van der Waals surface area contributed by atoms with Crippen LogP contribution in [0.5, 0.6) is 0 Å². The molecule has 0 heteroatoms. The van der Waals surface area contributed by atoms with Gasteiger partial charge in [0.2, 0.25) is 0 Å². The first kappa shape index (κ1) is 15.0. The van der Waals surface area contributed by atoms with Crippen LogP contribution in [0.15, 0.2) is 84.9 Å². The summed E-state index contributed by atoms with van der Waals surface area (Å²) >= 11 is 0. The second-order valence-corrected chi connectivity index (χ2v) is 8.21. The van der Waals surface area contributed by atoms with Gasteiger partial charge in [-0.25, -0.2) is 0 Å². The molecule has 6 rings (SSSR count). The largest absolute Gasteiger partial charge is 0.0616 e. The summed E-state index contributed by atoms with van der Waals surface area (Å²) in [5, 5.41) is 8.12. The molecule has 27 heavy (non-hydrogen) atoms. The molecule has 0 heterocycles. The van der Waals surface area contributed by atoms with Crippen LogP contribution in [0.2, 0.25) is 0 Å². The molecule has 0 saturated carbocycles. The Bertz CT molecular complexity index is 1390. The van der Waals surface area contributed by atoms with E-state index in [1.165, 1.54) is 54.6 Å². The quantitative estimate of drug-likeness (QED) is 0.256. The number of benzene rings is 5. The first-order valence-corrected chi connectivity index (χ1v) is 9.64. The lowest BCUT2D eigenvalue weighted by molar-refractivity contribution is 0.651. The summed E-state index contributed by atoms with van der Waals surface area (Å²) < 4.78 is 0. The van der Waals surface area contributed by atoms with Gasteiger partial charge < -0.3 is 0 Å². The van der Waals surface area contributed by atoms with Gasteiger partial charge in [0, 0.05) is 5.41 Å². The Morgan fingerprint density at radius 3 is 2.15 bits per heavy atom. The van der Waals surface area contributed by atoms with Gasteiger partial charge in [0.05, 0.1) is 0 Å². The van der Waals surface area contributed by atoms with Gasteiger partial charge in [0.25, 0.3) is 0 Å². The highest BCUT2D eigenvalue weighted by Gasteiger charge is 2.35. The highest BCUT2D eigenvalue weighted by molar-refractivity contribution is 6.17. The molecule has 0 atom stereocenters. The lowest BCUT2D eigenvalue weighted by Gasteiger charge is -2.36. The van der Waals surface area contributed by atoms with Crippen molar-refractivity contribution in [2.45, 2.75) is 19.3 Å². The van der Waals surface area contributed by atoms with E-state index in [4.69, 9.17) is 0 Å². The monoisotopic (exact) mass is 344 g/mol. The Balaban J connectivity index is 1.95. The summed E-state index contributed by atoms with van der Waals surface area (Å²) in [6, 6.07) is 31.4. The molecular formula is C27H20. The van der Waals surface area contributed by atoms with Crippen molar-refractivity contribution in [3.05, 3.63) is 96.1 Å². The Hall–Kier alpha value is -3.12. The van der Waals surface area contributed by atoms with Crippen LogP contribution in [-0.4, -0.2) is 0 Å². The molecule has 1 aliphatic carbocycles. The summed E-state index contributed by atoms with van der Waals surface area (Å²) in [5.41, 5.74) is 5.64. The molecule has 0 unspecified atom stereocenters. The summed E-state index contributed by atoms with van der Waals surface area (Å²) in [6.07, 6.45) is 0. The number of hydrogen-bond donors (Lipinski definition) is 0. The van der Waals surface area contributed by atoms with Crippen molar-refractivity contribution in [3.63, 3.8) is 0 Å². The molecule has 0 amide bonds. The van der Waals surface area contributed by atoms with Crippen LogP contribution in [0.4, 0.5) is 0 Å². The number of rotatable bonds is 0. The molecule has 0 aromatic heterocycles. The van der Waals surface area contributed by atoms with Crippen LogP contribution in [0.3, 0.4) is 0 Å². The van der Waals surface area contributed by atoms with Gasteiger partial charge in [-0.2, -0.15) is 0 Å². The second-order valence-electron chi connectivity index (χ2n) is 8.21. The molecule has 0 saturated heterocycles. The minimum Gasteiger partial charge on any atom is -0.0616 e. The highest BCUT2D eigenvalue weighted by atomic mass is 14.4. The van der Waals surface area contributed by atoms with Crippen LogP contribution in [0.1, 0.15) is 25.0 Å². The Morgan fingerprint density at radius 2 is 1.30 bits per heavy atom. The van der Waals surface area contributed by atoms with Gasteiger partial charge in [-0.3, -0.25) is 0 Å². The zero-order valence-electron chi connectivity index (χ0n) is 15.6. The van der Waals surface area contributed by atoms with E-state index in [-0.39, 0.29) is 5.41 Å². The van der Waals surface area contributed by atoms with Crippen molar-refractivity contribution in [2.75, 3.05) is 0 Å². The normalized spacial score (nSPS) is 14.6. The lowest BCUT2D eigenvalue weighted by Crippen LogP contribution is -2.24. The van der Waals surface area contributed by atoms with E-state index in [1.54, 1.807) is 0 Å². The molecule has 5 aromatic rings. The molecule has 128 valence electrons. The third kappa shape index (κ3) is 1.83. The molecule has 0 fully saturated rings. The molecule has 5 aromatic carbocycles. The van der Waals surface area contributed by atoms with Crippen LogP contribution in [0, 0.1) is 0 Å². The van der Waals surface area contributed by atoms with Crippen LogP contribution in [-0.2, 0) is 5.41 Å². The fraction of sp³-hybridized carbons (Fsp3) is 0.111. The highest BCUT2D eigenvalue weighted by Crippen LogP contribution is 2.52. The van der Waals surface area contributed by atoms with Crippen LogP contribution in [0.25, 0.3) is 43.4 Å². The molecular weight excluding hydrogens is 324 g/mol. The number of fused-ring (bicyclic) bond motifs is 6. The zero-order chi connectivity index (χ0) is 18.2. The van der Waals surface area contributed by atoms with Crippen molar-refractivity contribution in [1.29, 1.82) is 0 Å². The van der Waals surface area contributed by atoms with Crippen molar-refractivity contribution >= 4 is 32.3 Å². The van der Waals surface area contributed by atoms with E-state index in [1.807, 2.05) is 0 Å². The minimum absolute atomic E-state index is 0.0365. The maximum atomic E-state index is 2.38. The van der Waals surface area contributed by atoms with Crippen LogP contribution >= 0.6 is 0 Å². The van der Waals surface area contributed by atoms with Crippen LogP contribution < -0.4 is 0 Å². The first-order valence-electron chi connectivity index (χ1n) is 9.64. The van der Waals surface area contributed by atoms with E-state index in [2.05, 4.69) is 98.8 Å². The van der Waals surface area contributed by atoms with Crippen molar-refractivity contribution in [1.82, 2.24) is 0 Å². The fourth-order valence-electron chi connectivity index (χ4n) is 5.21. The SMILES string of the molecule is CC1(C)c2c(ccc3ccccc23)-c2c3ccccc3cc3cccc1c23. The van der Waals surface area contributed by atoms with Crippen molar-refractivity contribution in [3.8, 4) is 11.1 Å². The van der Waals surface area contributed by atoms with Crippen molar-refractivity contribution < 1.29 is 0 Å². The third-order valence-corrected chi connectivity index (χ3v) is 6.38. The predicted octanol–water partition coefficient (Wildman–Crippen LogP) is 7.45. The molecule has 0 spiro atoms. The van der Waals surface area contributed by atoms with Gasteiger partial charge in [-0.05, 0) is 60.6 Å². The van der Waals surface area contributed by atoms with Crippen molar-refractivity contribution in [2.24, 2.45) is 0 Å². The van der Waals surface area contributed by atoms with E-state index in [0.717, 1.165) is 0 Å². The van der Waals surface area contributed by atoms with Gasteiger partial charge >= 0.3 is 0 Å². The third-order valence-electron chi connectivity index (χ3n) is 6.38. The topological polar surface area (TPSA) is 0 Å². The van der Waals surface area contributed by atoms with Gasteiger partial charge in [0.15, 0.2) is 0 Å². The summed E-state index contributed by atoms with van der Waals surface area (Å²) in [5.74, 6) is 0. The summed E-state index contributed by atoms with van der Waals surface area (Å²) in [4.78, 5) is 0. The summed E-state index contributed by atoms with van der Waals surface area (Å²) in [7, 11) is 0. The predicted molar refractivity (Wildman–Crippen MR) is 117 cm³/mol. The molecule has 1 aliphatic rings. The van der Waals surface area contributed by atoms with E-state index in [0.29, 0.717) is 0 Å². The van der Waals surface area contributed by atoms with Gasteiger partial charge in [0.1, 0.15) is 0 Å². The van der Waals surface area contributed by atoms with E-state index < -0.39 is 0 Å². The maximum Gasteiger partial charge on any atom is 0.0165 e. The van der Waals surface area contributed by atoms with Gasteiger partial charge in [-0.15, -0.1) is 0 Å². The first-order chi connectivity index (χ1) is 13.2. The lowest BCUT2D eigenvalue weighted by atomic mass is 9.66. The second kappa shape index (κ2) is 4.98. The van der Waals surface area contributed by atoms with E-state index in [9.17, 15) is 0 Å². The summed E-state index contributed by atoms with van der Waals surface area (Å²) in [6.45, 7) is 4.76. The zero-order valence-corrected chi connectivity index (χ0v) is 15.6. The Kier molecular flexibility index (Phi) is 2.77. The maximum absolute atomic E-state index is 2.38. The van der Waals surface area contributed by atoms with Gasteiger partial charge in [-0.1, -0.05) is 92.7 Å². The average molecular weight is 344 g/mol. The smallest absolute Gasteiger partial charge is 0.0165 e. The Labute approximate surface area is 159 Å². The Morgan fingerprint density at radius 1 is 0.593 bits per heavy atom. The minimum atomic E-state index is -0.0365. The molecule has 0 aliphatic heterocycles. The molecule has 0 nitrogen and oxygen atoms in total. The fourth-order valence-corrected chi connectivity index (χ4v) is 5.21. The molecule has 0 radical (unpaired) electrons. The molecule has 0 N–H and O–H groups in total.